The number of aliphatic hydroxyl groups excluding tert-OH is 1. The minimum atomic E-state index is -0.826. The number of hydrogen-bond donors (Lipinski definition) is 3. The first kappa shape index (κ1) is 10.7. The fourth-order valence-corrected chi connectivity index (χ4v) is 1.30. The zero-order chi connectivity index (χ0) is 7.78. The maximum atomic E-state index is 10.6. The Labute approximate surface area is 71.3 Å². The van der Waals surface area contributed by atoms with E-state index in [0.717, 1.165) is 0 Å². The predicted molar refractivity (Wildman–Crippen MR) is 43.2 cm³/mol. The average Bonchev–Trinajstić information content (AvgIpc) is 1.80. The summed E-state index contributed by atoms with van der Waals surface area (Å²) in [4.78, 5) is 10.6. The van der Waals surface area contributed by atoms with Crippen LogP contribution in [-0.2, 0) is 4.79 Å². The Hall–Kier alpha value is -0.320. The number of carbonyl (C=O) groups is 1. The van der Waals surface area contributed by atoms with Crippen LogP contribution in [-0.4, -0.2) is 23.2 Å². The molecular weight excluding hydrogens is 168 g/mol. The van der Waals surface area contributed by atoms with Gasteiger partial charge in [-0.25, -0.2) is 0 Å². The van der Waals surface area contributed by atoms with Gasteiger partial charge in [-0.05, 0) is 18.8 Å². The summed E-state index contributed by atoms with van der Waals surface area (Å²) in [6.45, 7) is 0.103. The molecule has 0 aromatic rings. The summed E-state index contributed by atoms with van der Waals surface area (Å²) in [6, 6.07) is 0. The molecule has 0 aliphatic heterocycles. The molecule has 5 heteroatoms. The highest BCUT2D eigenvalue weighted by Gasteiger charge is 2.45. The molecule has 0 saturated heterocycles. The number of carbonyl (C=O) groups excluding carboxylic acids is 1. The van der Waals surface area contributed by atoms with Crippen molar-refractivity contribution in [1.82, 2.24) is 0 Å². The number of amides is 1. The highest BCUT2D eigenvalue weighted by Crippen LogP contribution is 2.34. The molecule has 0 bridgehead atoms. The summed E-state index contributed by atoms with van der Waals surface area (Å²) in [5, 5.41) is 8.59. The van der Waals surface area contributed by atoms with E-state index in [1.165, 1.54) is 0 Å². The van der Waals surface area contributed by atoms with E-state index in [1.807, 2.05) is 0 Å². The molecule has 1 aliphatic carbocycles. The first-order chi connectivity index (χ1) is 4.58. The zero-order valence-corrected chi connectivity index (χ0v) is 6.93. The third-order valence-corrected chi connectivity index (χ3v) is 2.05. The maximum absolute atomic E-state index is 10.6. The van der Waals surface area contributed by atoms with Crippen molar-refractivity contribution >= 4 is 18.3 Å². The third-order valence-electron chi connectivity index (χ3n) is 2.05. The van der Waals surface area contributed by atoms with E-state index in [4.69, 9.17) is 16.6 Å². The summed E-state index contributed by atoms with van der Waals surface area (Å²) >= 11 is 0. The summed E-state index contributed by atoms with van der Waals surface area (Å²) in [6.07, 6.45) is 1.05. The van der Waals surface area contributed by atoms with E-state index < -0.39 is 11.4 Å². The molecule has 1 aliphatic rings. The lowest BCUT2D eigenvalue weighted by Gasteiger charge is -2.41. The third kappa shape index (κ3) is 1.83. The molecule has 0 heterocycles. The Morgan fingerprint density at radius 1 is 1.64 bits per heavy atom. The van der Waals surface area contributed by atoms with Gasteiger partial charge < -0.3 is 16.6 Å². The van der Waals surface area contributed by atoms with Crippen LogP contribution in [0.2, 0.25) is 0 Å². The second kappa shape index (κ2) is 3.38. The van der Waals surface area contributed by atoms with Gasteiger partial charge in [0.2, 0.25) is 5.91 Å². The van der Waals surface area contributed by atoms with Crippen molar-refractivity contribution in [3.05, 3.63) is 0 Å². The minimum absolute atomic E-state index is 0. The number of primary amides is 1. The highest BCUT2D eigenvalue weighted by atomic mass is 35.5. The van der Waals surface area contributed by atoms with Crippen LogP contribution in [0.3, 0.4) is 0 Å². The van der Waals surface area contributed by atoms with E-state index in [2.05, 4.69) is 0 Å². The molecule has 0 aromatic carbocycles. The van der Waals surface area contributed by atoms with Gasteiger partial charge in [0.1, 0.15) is 0 Å². The van der Waals surface area contributed by atoms with Gasteiger partial charge in [-0.1, -0.05) is 0 Å². The fourth-order valence-electron chi connectivity index (χ4n) is 1.30. The number of aliphatic hydroxyl groups is 1. The Balaban J connectivity index is 0.000001000. The normalized spacial score (nSPS) is 35.3. The van der Waals surface area contributed by atoms with E-state index in [9.17, 15) is 4.79 Å². The summed E-state index contributed by atoms with van der Waals surface area (Å²) in [7, 11) is 0. The van der Waals surface area contributed by atoms with Crippen LogP contribution < -0.4 is 11.5 Å². The molecule has 0 spiro atoms. The van der Waals surface area contributed by atoms with Crippen LogP contribution in [0.1, 0.15) is 12.8 Å². The lowest BCUT2D eigenvalue weighted by atomic mass is 9.69. The number of halogens is 1. The van der Waals surface area contributed by atoms with Crippen molar-refractivity contribution < 1.29 is 9.90 Å². The number of nitrogens with two attached hydrogens (primary N) is 2. The van der Waals surface area contributed by atoms with E-state index in [1.54, 1.807) is 0 Å². The van der Waals surface area contributed by atoms with Crippen molar-refractivity contribution in [3.63, 3.8) is 0 Å². The molecular formula is C6H13ClN2O2. The molecule has 1 saturated carbocycles. The van der Waals surface area contributed by atoms with E-state index in [0.29, 0.717) is 12.8 Å². The Kier molecular flexibility index (Phi) is 3.29. The Morgan fingerprint density at radius 3 is 2.36 bits per heavy atom. The SMILES string of the molecule is Cl.NC(=O)C1(N)CC(CO)C1. The van der Waals surface area contributed by atoms with Gasteiger partial charge in [-0.2, -0.15) is 0 Å². The first-order valence-corrected chi connectivity index (χ1v) is 3.28. The van der Waals surface area contributed by atoms with Crippen LogP contribution >= 0.6 is 12.4 Å². The summed E-state index contributed by atoms with van der Waals surface area (Å²) < 4.78 is 0. The molecule has 0 aromatic heterocycles. The van der Waals surface area contributed by atoms with Crippen molar-refractivity contribution in [2.45, 2.75) is 18.4 Å². The monoisotopic (exact) mass is 180 g/mol. The van der Waals surface area contributed by atoms with Crippen LogP contribution in [0.5, 0.6) is 0 Å². The van der Waals surface area contributed by atoms with Gasteiger partial charge in [0.25, 0.3) is 0 Å². The van der Waals surface area contributed by atoms with Gasteiger partial charge in [-0.15, -0.1) is 12.4 Å². The largest absolute Gasteiger partial charge is 0.396 e. The summed E-state index contributed by atoms with van der Waals surface area (Å²) in [5.74, 6) is -0.283. The van der Waals surface area contributed by atoms with Crippen LogP contribution in [0.4, 0.5) is 0 Å². The smallest absolute Gasteiger partial charge is 0.237 e. The van der Waals surface area contributed by atoms with Gasteiger partial charge in [0, 0.05) is 6.61 Å². The lowest BCUT2D eigenvalue weighted by Crippen LogP contribution is -2.61. The molecule has 0 atom stereocenters. The Morgan fingerprint density at radius 2 is 2.09 bits per heavy atom. The lowest BCUT2D eigenvalue weighted by molar-refractivity contribution is -0.128. The van der Waals surface area contributed by atoms with Gasteiger partial charge in [-0.3, -0.25) is 4.79 Å². The van der Waals surface area contributed by atoms with Crippen molar-refractivity contribution in [3.8, 4) is 0 Å². The van der Waals surface area contributed by atoms with Crippen LogP contribution in [0, 0.1) is 5.92 Å². The van der Waals surface area contributed by atoms with Crippen molar-refractivity contribution in [2.24, 2.45) is 17.4 Å². The predicted octanol–water partition coefficient (Wildman–Crippen LogP) is -1.01. The van der Waals surface area contributed by atoms with Crippen molar-refractivity contribution in [2.75, 3.05) is 6.61 Å². The standard InChI is InChI=1S/C6H12N2O2.ClH/c7-5(10)6(8)1-4(2-6)3-9;/h4,9H,1-3,8H2,(H2,7,10);1H. The number of hydrogen-bond acceptors (Lipinski definition) is 3. The first-order valence-electron chi connectivity index (χ1n) is 3.28. The molecule has 0 unspecified atom stereocenters. The van der Waals surface area contributed by atoms with Gasteiger partial charge >= 0.3 is 0 Å². The van der Waals surface area contributed by atoms with Crippen molar-refractivity contribution in [1.29, 1.82) is 0 Å². The zero-order valence-electron chi connectivity index (χ0n) is 6.12. The molecule has 1 rings (SSSR count). The maximum Gasteiger partial charge on any atom is 0.237 e. The van der Waals surface area contributed by atoms with E-state index in [-0.39, 0.29) is 24.9 Å². The van der Waals surface area contributed by atoms with Crippen LogP contribution in [0.25, 0.3) is 0 Å². The average molecular weight is 181 g/mol. The second-order valence-corrected chi connectivity index (χ2v) is 2.98. The molecule has 5 N–H and O–H groups in total. The molecule has 1 amide bonds. The molecule has 1 fully saturated rings. The topological polar surface area (TPSA) is 89.3 Å². The van der Waals surface area contributed by atoms with Gasteiger partial charge in [0.15, 0.2) is 0 Å². The van der Waals surface area contributed by atoms with E-state index >= 15 is 0 Å². The number of rotatable bonds is 2. The van der Waals surface area contributed by atoms with Gasteiger partial charge in [0.05, 0.1) is 5.54 Å². The summed E-state index contributed by atoms with van der Waals surface area (Å²) in [5.41, 5.74) is 9.70. The fraction of sp³-hybridized carbons (Fsp3) is 0.833. The Bertz CT molecular complexity index is 157. The second-order valence-electron chi connectivity index (χ2n) is 2.98. The molecule has 66 valence electrons. The quantitative estimate of drug-likeness (QED) is 0.509. The van der Waals surface area contributed by atoms with Crippen LogP contribution in [0.15, 0.2) is 0 Å². The highest BCUT2D eigenvalue weighted by molar-refractivity contribution is 5.85. The molecule has 0 radical (unpaired) electrons. The molecule has 4 nitrogen and oxygen atoms in total. The molecule has 11 heavy (non-hydrogen) atoms. The minimum Gasteiger partial charge on any atom is -0.396 e.